The Morgan fingerprint density at radius 3 is 2.11 bits per heavy atom. The van der Waals surface area contributed by atoms with Gasteiger partial charge in [0, 0.05) is 56.8 Å². The first kappa shape index (κ1) is 48.6. The van der Waals surface area contributed by atoms with E-state index in [0.29, 0.717) is 18.6 Å². The van der Waals surface area contributed by atoms with E-state index in [0.717, 1.165) is 0 Å². The summed E-state index contributed by atoms with van der Waals surface area (Å²) in [5.74, 6) is -0.980. The molecule has 3 aliphatic rings. The molecule has 1 saturated carbocycles. The van der Waals surface area contributed by atoms with Crippen molar-refractivity contribution in [1.82, 2.24) is 4.90 Å². The fraction of sp³-hybridized carbons (Fsp3) is 0.905. The molecule has 0 unspecified atom stereocenters. The first-order valence-electron chi connectivity index (χ1n) is 20.3. The number of aliphatic hydroxyl groups excluding tert-OH is 3. The molecule has 0 aromatic carbocycles. The summed E-state index contributed by atoms with van der Waals surface area (Å²) >= 11 is 0. The van der Waals surface area contributed by atoms with E-state index in [1.165, 1.54) is 7.11 Å². The Balaban J connectivity index is 2.29. The fourth-order valence-corrected chi connectivity index (χ4v) is 9.34. The normalized spacial score (nSPS) is 47.0. The van der Waals surface area contributed by atoms with Crippen LogP contribution in [0.4, 0.5) is 0 Å². The first-order chi connectivity index (χ1) is 26.0. The van der Waals surface area contributed by atoms with Crippen LogP contribution in [-0.4, -0.2) is 150 Å². The van der Waals surface area contributed by atoms with Crippen LogP contribution in [0.3, 0.4) is 0 Å². The van der Waals surface area contributed by atoms with Crippen molar-refractivity contribution in [2.75, 3.05) is 34.9 Å². The van der Waals surface area contributed by atoms with Gasteiger partial charge in [-0.05, 0) is 67.5 Å². The molecule has 0 aromatic rings. The number of hydrogen-bond donors (Lipinski definition) is 4. The van der Waals surface area contributed by atoms with Gasteiger partial charge in [-0.2, -0.15) is 0 Å². The highest BCUT2D eigenvalue weighted by Crippen LogP contribution is 2.43. The number of nitrogens with zero attached hydrogens (tertiary/aromatic N) is 2. The average molecular weight is 799 g/mol. The number of terminal acetylenes is 1. The summed E-state index contributed by atoms with van der Waals surface area (Å²) in [6, 6.07) is -0.263. The number of methoxy groups -OCH3 is 2. The van der Waals surface area contributed by atoms with Crippen LogP contribution in [0.5, 0.6) is 0 Å². The highest BCUT2D eigenvalue weighted by atomic mass is 16.7. The van der Waals surface area contributed by atoms with Crippen LogP contribution in [0, 0.1) is 41.9 Å². The minimum Gasteiger partial charge on any atom is -0.389 e. The number of likely N-dealkylation sites (N-methyl/N-ethyl adjacent to an activating group) is 1. The Bertz CT molecular complexity index is 1340. The Morgan fingerprint density at radius 2 is 1.55 bits per heavy atom. The molecule has 18 atom stereocenters. The van der Waals surface area contributed by atoms with E-state index in [1.807, 2.05) is 53.6 Å². The van der Waals surface area contributed by atoms with E-state index in [9.17, 15) is 25.2 Å². The number of rotatable bonds is 10. The standard InChI is InChI=1S/C42H74N2O12/c1-16-18-52-43-33-23(3)21-41(10,51-15)38(56-39-34(46)30(44(12)13)19-24(4)53-39)27(7)35(55-32-22-40(9,50-14)37(48)28(8)54-32)25(5)31(45)20-29(17-2)42(11,49)36(47)26(33)6/h1,23-30,32,34-39,46-49H,17-22H2,2-15H3/b43-33+/t23-,24-,25+,26+,27+,28+,29+,30+,32+,34-,35-,36-,37+,38-,39+,40-,41-,42-/m1/s1. The molecule has 0 amide bonds. The molecule has 324 valence electrons. The van der Waals surface area contributed by atoms with Gasteiger partial charge in [-0.25, -0.2) is 0 Å². The largest absolute Gasteiger partial charge is 0.389 e. The zero-order valence-electron chi connectivity index (χ0n) is 36.4. The van der Waals surface area contributed by atoms with Gasteiger partial charge < -0.3 is 58.6 Å². The van der Waals surface area contributed by atoms with E-state index >= 15 is 0 Å². The monoisotopic (exact) mass is 799 g/mol. The topological polar surface area (TPSA) is 178 Å². The zero-order chi connectivity index (χ0) is 42.5. The number of hydrogen-bond acceptors (Lipinski definition) is 14. The minimum atomic E-state index is -1.70. The molecule has 2 aliphatic heterocycles. The van der Waals surface area contributed by atoms with Crippen molar-refractivity contribution in [2.24, 2.45) is 34.7 Å². The van der Waals surface area contributed by atoms with Crippen molar-refractivity contribution >= 4 is 11.5 Å². The van der Waals surface area contributed by atoms with Crippen molar-refractivity contribution in [1.29, 1.82) is 0 Å². The first-order valence-corrected chi connectivity index (χ1v) is 20.3. The van der Waals surface area contributed by atoms with Gasteiger partial charge in [0.15, 0.2) is 19.2 Å². The highest BCUT2D eigenvalue weighted by Gasteiger charge is 2.53. The van der Waals surface area contributed by atoms with Crippen LogP contribution in [-0.2, 0) is 38.1 Å². The molecule has 56 heavy (non-hydrogen) atoms. The highest BCUT2D eigenvalue weighted by molar-refractivity contribution is 5.89. The van der Waals surface area contributed by atoms with E-state index in [2.05, 4.69) is 11.1 Å². The lowest BCUT2D eigenvalue weighted by molar-refractivity contribution is -0.318. The molecule has 3 fully saturated rings. The lowest BCUT2D eigenvalue weighted by atomic mass is 9.69. The maximum Gasteiger partial charge on any atom is 0.185 e. The van der Waals surface area contributed by atoms with Crippen molar-refractivity contribution in [3.63, 3.8) is 0 Å². The summed E-state index contributed by atoms with van der Waals surface area (Å²) in [6.45, 7) is 18.1. The van der Waals surface area contributed by atoms with Crippen LogP contribution >= 0.6 is 0 Å². The zero-order valence-corrected chi connectivity index (χ0v) is 36.4. The predicted molar refractivity (Wildman–Crippen MR) is 211 cm³/mol. The summed E-state index contributed by atoms with van der Waals surface area (Å²) < 4.78 is 38.6. The lowest BCUT2D eigenvalue weighted by Gasteiger charge is -2.50. The second kappa shape index (κ2) is 20.0. The Kier molecular flexibility index (Phi) is 17.4. The summed E-state index contributed by atoms with van der Waals surface area (Å²) in [6.07, 6.45) is -1.07. The molecule has 14 nitrogen and oxygen atoms in total. The van der Waals surface area contributed by atoms with E-state index in [1.54, 1.807) is 41.7 Å². The summed E-state index contributed by atoms with van der Waals surface area (Å²) in [5, 5.41) is 51.1. The molecular formula is C42H74N2O12. The molecule has 3 rings (SSSR count). The van der Waals surface area contributed by atoms with Crippen LogP contribution in [0.25, 0.3) is 0 Å². The third kappa shape index (κ3) is 10.7. The summed E-state index contributed by atoms with van der Waals surface area (Å²) in [4.78, 5) is 22.0. The molecule has 0 aromatic heterocycles. The van der Waals surface area contributed by atoms with E-state index in [-0.39, 0.29) is 43.8 Å². The molecule has 0 radical (unpaired) electrons. The second-order valence-electron chi connectivity index (χ2n) is 17.7. The fourth-order valence-electron chi connectivity index (χ4n) is 9.34. The second-order valence-corrected chi connectivity index (χ2v) is 17.7. The van der Waals surface area contributed by atoms with Gasteiger partial charge >= 0.3 is 0 Å². The molecule has 2 heterocycles. The Labute approximate surface area is 335 Å². The average Bonchev–Trinajstić information content (AvgIpc) is 3.14. The molecule has 0 bridgehead atoms. The number of carbonyl (C=O) groups is 1. The minimum absolute atomic E-state index is 0.0629. The molecule has 2 saturated heterocycles. The molecule has 1 aliphatic carbocycles. The quantitative estimate of drug-likeness (QED) is 0.144. The van der Waals surface area contributed by atoms with E-state index in [4.69, 9.17) is 39.7 Å². The maximum atomic E-state index is 14.6. The van der Waals surface area contributed by atoms with Crippen LogP contribution < -0.4 is 0 Å². The molecule has 14 heteroatoms. The van der Waals surface area contributed by atoms with Crippen molar-refractivity contribution in [2.45, 2.75) is 179 Å². The van der Waals surface area contributed by atoms with Gasteiger partial charge in [-0.1, -0.05) is 52.1 Å². The lowest BCUT2D eigenvalue weighted by Crippen LogP contribution is -2.61. The number of aliphatic hydroxyl groups is 4. The maximum absolute atomic E-state index is 14.6. The number of carbonyl (C=O) groups excluding carboxylic acids is 1. The van der Waals surface area contributed by atoms with Crippen molar-refractivity contribution in [3.8, 4) is 12.3 Å². The predicted octanol–water partition coefficient (Wildman–Crippen LogP) is 3.54. The van der Waals surface area contributed by atoms with Crippen molar-refractivity contribution < 1.29 is 58.5 Å². The Hall–Kier alpha value is -1.74. The number of ether oxygens (including phenoxy) is 6. The van der Waals surface area contributed by atoms with Gasteiger partial charge in [-0.15, -0.1) is 6.42 Å². The summed E-state index contributed by atoms with van der Waals surface area (Å²) in [7, 11) is 6.91. The van der Waals surface area contributed by atoms with Crippen LogP contribution in [0.2, 0.25) is 0 Å². The van der Waals surface area contributed by atoms with Crippen LogP contribution in [0.1, 0.15) is 101 Å². The van der Waals surface area contributed by atoms with Crippen molar-refractivity contribution in [3.05, 3.63) is 0 Å². The third-order valence-electron chi connectivity index (χ3n) is 13.2. The van der Waals surface area contributed by atoms with Gasteiger partial charge in [0.05, 0.1) is 53.0 Å². The van der Waals surface area contributed by atoms with Gasteiger partial charge in [0.2, 0.25) is 0 Å². The number of oxime groups is 1. The smallest absolute Gasteiger partial charge is 0.185 e. The SMILES string of the molecule is C#CCO/N=C1\[C@H](C)C[C@@](C)(OC)[C@H](O[C@@H]2O[C@H](C)C[C@H](N(C)C)[C@H]2O)[C@@H](C)[C@H](O[C@H]2C[C@@](C)(OC)[C@@H](O)[C@H](C)O2)[C@@H](C)C(=O)C[C@H](CC)[C@@](C)(O)[C@H](O)[C@H]1C. The molecule has 0 spiro atoms. The third-order valence-corrected chi connectivity index (χ3v) is 13.2. The number of Topliss-reactive ketones (excluding diaryl/α,β-unsaturated/α-hetero) is 1. The van der Waals surface area contributed by atoms with E-state index < -0.39 is 95.6 Å². The number of ketones is 1. The van der Waals surface area contributed by atoms with Crippen LogP contribution in [0.15, 0.2) is 5.16 Å². The molecular weight excluding hydrogens is 724 g/mol. The Morgan fingerprint density at radius 1 is 0.929 bits per heavy atom. The van der Waals surface area contributed by atoms with Gasteiger partial charge in [0.25, 0.3) is 0 Å². The van der Waals surface area contributed by atoms with Gasteiger partial charge in [0.1, 0.15) is 18.0 Å². The molecule has 4 N–H and O–H groups in total. The van der Waals surface area contributed by atoms with Gasteiger partial charge in [-0.3, -0.25) is 4.79 Å². The summed E-state index contributed by atoms with van der Waals surface area (Å²) in [5.41, 5.74) is -3.43.